The van der Waals surface area contributed by atoms with Gasteiger partial charge in [0.05, 0.1) is 5.41 Å². The van der Waals surface area contributed by atoms with E-state index in [1.165, 1.54) is 6.07 Å². The van der Waals surface area contributed by atoms with Gasteiger partial charge in [0.15, 0.2) is 0 Å². The first-order chi connectivity index (χ1) is 17.5. The van der Waals surface area contributed by atoms with E-state index in [1.54, 1.807) is 23.1 Å². The Hall–Kier alpha value is -3.17. The molecular weight excluding hydrogens is 455 g/mol. The van der Waals surface area contributed by atoms with E-state index in [-0.39, 0.29) is 17.6 Å². The number of amides is 2. The summed E-state index contributed by atoms with van der Waals surface area (Å²) in [5.74, 6) is 6.78. The Labute approximate surface area is 212 Å². The molecule has 3 heterocycles. The zero-order valence-corrected chi connectivity index (χ0v) is 20.7. The predicted molar refractivity (Wildman–Crippen MR) is 135 cm³/mol. The second kappa shape index (κ2) is 10.8. The molecule has 2 aromatic carbocycles. The molecule has 0 aliphatic carbocycles. The Morgan fingerprint density at radius 1 is 1.00 bits per heavy atom. The van der Waals surface area contributed by atoms with Gasteiger partial charge in [-0.05, 0) is 68.9 Å². The zero-order chi connectivity index (χ0) is 25.0. The Bertz CT molecular complexity index is 1150. The topological polar surface area (TPSA) is 49.9 Å². The van der Waals surface area contributed by atoms with Crippen LogP contribution in [0.3, 0.4) is 0 Å². The minimum absolute atomic E-state index is 0.000240. The lowest BCUT2D eigenvalue weighted by Gasteiger charge is -2.46. The van der Waals surface area contributed by atoms with Gasteiger partial charge in [-0.2, -0.15) is 0 Å². The van der Waals surface area contributed by atoms with Crippen molar-refractivity contribution in [1.82, 2.24) is 9.80 Å². The first-order valence-corrected chi connectivity index (χ1v) is 13.1. The van der Waals surface area contributed by atoms with Crippen LogP contribution in [0.5, 0.6) is 0 Å². The van der Waals surface area contributed by atoms with Crippen molar-refractivity contribution in [2.24, 2.45) is 11.3 Å². The van der Waals surface area contributed by atoms with E-state index in [1.807, 2.05) is 29.2 Å². The van der Waals surface area contributed by atoms with Crippen LogP contribution in [0.15, 0.2) is 48.5 Å². The fourth-order valence-electron chi connectivity index (χ4n) is 5.64. The second-order valence-corrected chi connectivity index (χ2v) is 10.2. The number of nitrogens with zero attached hydrogens (tertiary/aromatic N) is 2. The summed E-state index contributed by atoms with van der Waals surface area (Å²) >= 11 is 0. The molecule has 0 aromatic heterocycles. The minimum Gasteiger partial charge on any atom is -0.381 e. The highest BCUT2D eigenvalue weighted by molar-refractivity contribution is 5.94. The summed E-state index contributed by atoms with van der Waals surface area (Å²) in [6, 6.07) is 14.2. The van der Waals surface area contributed by atoms with E-state index in [2.05, 4.69) is 11.8 Å². The molecule has 0 unspecified atom stereocenters. The fraction of sp³-hybridized carbons (Fsp3) is 0.467. The number of hydrogen-bond donors (Lipinski definition) is 0. The highest BCUT2D eigenvalue weighted by Crippen LogP contribution is 2.41. The number of likely N-dealkylation sites (tertiary alicyclic amines) is 2. The van der Waals surface area contributed by atoms with Crippen LogP contribution in [0.1, 0.15) is 60.0 Å². The maximum atomic E-state index is 14.2. The number of benzene rings is 2. The molecule has 1 spiro atoms. The van der Waals surface area contributed by atoms with Crippen molar-refractivity contribution in [2.75, 3.05) is 32.8 Å². The smallest absolute Gasteiger partial charge is 0.253 e. The van der Waals surface area contributed by atoms with E-state index in [9.17, 15) is 14.0 Å². The van der Waals surface area contributed by atoms with Crippen molar-refractivity contribution < 1.29 is 18.7 Å². The van der Waals surface area contributed by atoms with Crippen molar-refractivity contribution in [2.45, 2.75) is 45.1 Å². The summed E-state index contributed by atoms with van der Waals surface area (Å²) in [5.41, 5.74) is 1.68. The van der Waals surface area contributed by atoms with Crippen LogP contribution in [-0.4, -0.2) is 54.5 Å². The van der Waals surface area contributed by atoms with Gasteiger partial charge in [0.25, 0.3) is 5.91 Å². The van der Waals surface area contributed by atoms with Crippen LogP contribution in [0.4, 0.5) is 4.39 Å². The van der Waals surface area contributed by atoms with Crippen LogP contribution < -0.4 is 0 Å². The van der Waals surface area contributed by atoms with Gasteiger partial charge in [-0.3, -0.25) is 9.59 Å². The van der Waals surface area contributed by atoms with Gasteiger partial charge in [-0.1, -0.05) is 30.0 Å². The Morgan fingerprint density at radius 3 is 2.44 bits per heavy atom. The Morgan fingerprint density at radius 2 is 1.72 bits per heavy atom. The number of carbonyl (C=O) groups is 2. The summed E-state index contributed by atoms with van der Waals surface area (Å²) in [4.78, 5) is 30.3. The van der Waals surface area contributed by atoms with Gasteiger partial charge in [-0.15, -0.1) is 0 Å². The Balaban J connectivity index is 1.18. The van der Waals surface area contributed by atoms with Crippen molar-refractivity contribution in [1.29, 1.82) is 0 Å². The summed E-state index contributed by atoms with van der Waals surface area (Å²) in [6.07, 6.45) is 5.00. The number of hydrogen-bond acceptors (Lipinski definition) is 3. The molecule has 0 radical (unpaired) electrons. The Kier molecular flexibility index (Phi) is 7.38. The van der Waals surface area contributed by atoms with Crippen molar-refractivity contribution in [3.8, 4) is 11.8 Å². The van der Waals surface area contributed by atoms with E-state index >= 15 is 0 Å². The summed E-state index contributed by atoms with van der Waals surface area (Å²) in [5, 5.41) is 0. The number of ether oxygens (including phenoxy) is 1. The van der Waals surface area contributed by atoms with Crippen LogP contribution >= 0.6 is 0 Å². The van der Waals surface area contributed by atoms with Gasteiger partial charge in [-0.25, -0.2) is 4.39 Å². The number of halogens is 1. The SMILES string of the molecule is O=C(c1ccc(C#CC2CCOCC2)cc1)N1CCC2(CCCN(Cc3ccccc3F)C2=O)CC1. The molecule has 3 saturated heterocycles. The average molecular weight is 489 g/mol. The molecule has 2 aromatic rings. The zero-order valence-electron chi connectivity index (χ0n) is 20.7. The van der Waals surface area contributed by atoms with Crippen LogP contribution in [0.2, 0.25) is 0 Å². The lowest BCUT2D eigenvalue weighted by Crippen LogP contribution is -2.54. The molecule has 0 N–H and O–H groups in total. The van der Waals surface area contributed by atoms with Crippen molar-refractivity contribution in [3.05, 3.63) is 71.0 Å². The maximum absolute atomic E-state index is 14.2. The molecule has 36 heavy (non-hydrogen) atoms. The third-order valence-electron chi connectivity index (χ3n) is 7.92. The predicted octanol–water partition coefficient (Wildman–Crippen LogP) is 4.65. The van der Waals surface area contributed by atoms with Crippen LogP contribution in [0.25, 0.3) is 0 Å². The first kappa shape index (κ1) is 24.5. The minimum atomic E-state index is -0.441. The highest BCUT2D eigenvalue weighted by Gasteiger charge is 2.46. The molecule has 3 fully saturated rings. The number of carbonyl (C=O) groups excluding carboxylic acids is 2. The van der Waals surface area contributed by atoms with E-state index in [0.717, 1.165) is 44.5 Å². The third kappa shape index (κ3) is 5.32. The van der Waals surface area contributed by atoms with Gasteiger partial charge in [0.2, 0.25) is 5.91 Å². The standard InChI is InChI=1S/C30H33FN2O3/c31-27-5-2-1-4-26(27)22-33-17-3-14-30(29(33)35)15-18-32(19-16-30)28(34)25-10-8-23(9-11-25)6-7-24-12-20-36-21-13-24/h1-2,4-5,8-11,24H,3,12-22H2. The molecule has 0 bridgehead atoms. The van der Waals surface area contributed by atoms with Gasteiger partial charge < -0.3 is 14.5 Å². The summed E-state index contributed by atoms with van der Waals surface area (Å²) in [7, 11) is 0. The largest absolute Gasteiger partial charge is 0.381 e. The van der Waals surface area contributed by atoms with E-state index in [0.29, 0.717) is 56.1 Å². The molecule has 6 heteroatoms. The van der Waals surface area contributed by atoms with Crippen LogP contribution in [-0.2, 0) is 16.1 Å². The molecular formula is C30H33FN2O3. The summed E-state index contributed by atoms with van der Waals surface area (Å²) < 4.78 is 19.5. The molecule has 0 saturated carbocycles. The van der Waals surface area contributed by atoms with Crippen molar-refractivity contribution >= 4 is 11.8 Å². The molecule has 188 valence electrons. The normalized spacial score (nSPS) is 20.2. The highest BCUT2D eigenvalue weighted by atomic mass is 19.1. The monoisotopic (exact) mass is 488 g/mol. The lowest BCUT2D eigenvalue weighted by molar-refractivity contribution is -0.150. The fourth-order valence-corrected chi connectivity index (χ4v) is 5.64. The molecule has 5 rings (SSSR count). The van der Waals surface area contributed by atoms with Crippen molar-refractivity contribution in [3.63, 3.8) is 0 Å². The molecule has 2 amide bonds. The molecule has 3 aliphatic heterocycles. The van der Waals surface area contributed by atoms with E-state index in [4.69, 9.17) is 4.74 Å². The first-order valence-electron chi connectivity index (χ1n) is 13.1. The quantitative estimate of drug-likeness (QED) is 0.591. The van der Waals surface area contributed by atoms with Crippen LogP contribution in [0, 0.1) is 29.0 Å². The van der Waals surface area contributed by atoms with Gasteiger partial charge in [0, 0.05) is 62.0 Å². The lowest BCUT2D eigenvalue weighted by atomic mass is 9.71. The molecule has 0 atom stereocenters. The average Bonchev–Trinajstić information content (AvgIpc) is 2.92. The summed E-state index contributed by atoms with van der Waals surface area (Å²) in [6.45, 7) is 3.63. The van der Waals surface area contributed by atoms with Gasteiger partial charge in [0.1, 0.15) is 5.82 Å². The number of piperidine rings is 2. The molecule has 3 aliphatic rings. The number of rotatable bonds is 3. The third-order valence-corrected chi connectivity index (χ3v) is 7.92. The maximum Gasteiger partial charge on any atom is 0.253 e. The van der Waals surface area contributed by atoms with E-state index < -0.39 is 5.41 Å². The molecule has 5 nitrogen and oxygen atoms in total. The second-order valence-electron chi connectivity index (χ2n) is 10.2. The van der Waals surface area contributed by atoms with Gasteiger partial charge >= 0.3 is 0 Å².